The number of aliphatic hydroxyl groups excluding tert-OH is 1. The normalized spacial score (nSPS) is 15.8. The molecular formula is C18H37N3O2. The summed E-state index contributed by atoms with van der Waals surface area (Å²) in [5.41, 5.74) is 5.17. The molecule has 5 heteroatoms. The summed E-state index contributed by atoms with van der Waals surface area (Å²) in [4.78, 5) is 11.7. The highest BCUT2D eigenvalue weighted by Crippen LogP contribution is 2.35. The second-order valence-corrected chi connectivity index (χ2v) is 6.67. The first-order valence-electron chi connectivity index (χ1n) is 8.87. The molecule has 0 spiro atoms. The molecule has 0 aliphatic heterocycles. The SMILES string of the molecule is CC=CC(C)(C(C)C)C(O)CCCCC(=O)NCCNCCN. The number of rotatable bonds is 13. The Labute approximate surface area is 142 Å². The van der Waals surface area contributed by atoms with E-state index in [-0.39, 0.29) is 17.4 Å². The van der Waals surface area contributed by atoms with Crippen LogP contribution in [0.15, 0.2) is 12.2 Å². The van der Waals surface area contributed by atoms with Crippen molar-refractivity contribution in [3.8, 4) is 0 Å². The predicted octanol–water partition coefficient (Wildman–Crippen LogP) is 1.81. The second kappa shape index (κ2) is 12.5. The van der Waals surface area contributed by atoms with Gasteiger partial charge in [-0.15, -0.1) is 0 Å². The van der Waals surface area contributed by atoms with Crippen molar-refractivity contribution in [1.82, 2.24) is 10.6 Å². The molecule has 0 aromatic rings. The molecule has 5 N–H and O–H groups in total. The van der Waals surface area contributed by atoms with Gasteiger partial charge in [0.2, 0.25) is 5.91 Å². The molecule has 0 aliphatic rings. The monoisotopic (exact) mass is 327 g/mol. The van der Waals surface area contributed by atoms with Crippen molar-refractivity contribution in [2.45, 2.75) is 59.5 Å². The van der Waals surface area contributed by atoms with Crippen molar-refractivity contribution in [3.05, 3.63) is 12.2 Å². The van der Waals surface area contributed by atoms with Crippen LogP contribution in [0.5, 0.6) is 0 Å². The standard InChI is InChI=1S/C18H37N3O2/c1-5-10-18(4,15(2)3)16(22)8-6-7-9-17(23)21-14-13-20-12-11-19/h5,10,15-16,20,22H,6-9,11-14,19H2,1-4H3,(H,21,23). The Hall–Kier alpha value is -0.910. The molecule has 0 saturated heterocycles. The summed E-state index contributed by atoms with van der Waals surface area (Å²) in [7, 11) is 0. The summed E-state index contributed by atoms with van der Waals surface area (Å²) in [6, 6.07) is 0. The number of carbonyl (C=O) groups excluding carboxylic acids is 1. The number of aliphatic hydroxyl groups is 1. The summed E-state index contributed by atoms with van der Waals surface area (Å²) in [5, 5.41) is 16.5. The van der Waals surface area contributed by atoms with E-state index in [9.17, 15) is 9.90 Å². The van der Waals surface area contributed by atoms with Crippen LogP contribution in [0.25, 0.3) is 0 Å². The van der Waals surface area contributed by atoms with E-state index in [4.69, 9.17) is 5.73 Å². The van der Waals surface area contributed by atoms with Crippen molar-refractivity contribution in [3.63, 3.8) is 0 Å². The first kappa shape index (κ1) is 22.1. The van der Waals surface area contributed by atoms with Crippen molar-refractivity contribution < 1.29 is 9.90 Å². The number of nitrogens with two attached hydrogens (primary N) is 1. The zero-order valence-corrected chi connectivity index (χ0v) is 15.4. The Morgan fingerprint density at radius 3 is 2.52 bits per heavy atom. The Balaban J connectivity index is 3.91. The third-order valence-corrected chi connectivity index (χ3v) is 4.56. The third-order valence-electron chi connectivity index (χ3n) is 4.56. The summed E-state index contributed by atoms with van der Waals surface area (Å²) >= 11 is 0. The van der Waals surface area contributed by atoms with Crippen molar-refractivity contribution in [2.75, 3.05) is 26.2 Å². The molecule has 0 aromatic carbocycles. The van der Waals surface area contributed by atoms with E-state index in [1.54, 1.807) is 0 Å². The van der Waals surface area contributed by atoms with Gasteiger partial charge in [0, 0.05) is 38.0 Å². The lowest BCUT2D eigenvalue weighted by atomic mass is 9.72. The topological polar surface area (TPSA) is 87.4 Å². The van der Waals surface area contributed by atoms with Crippen LogP contribution >= 0.6 is 0 Å². The molecule has 0 aromatic heterocycles. The molecule has 0 heterocycles. The smallest absolute Gasteiger partial charge is 0.220 e. The van der Waals surface area contributed by atoms with Crippen LogP contribution in [0, 0.1) is 11.3 Å². The van der Waals surface area contributed by atoms with Gasteiger partial charge in [-0.05, 0) is 25.7 Å². The first-order valence-corrected chi connectivity index (χ1v) is 8.87. The first-order chi connectivity index (χ1) is 10.9. The molecule has 0 saturated carbocycles. The zero-order valence-electron chi connectivity index (χ0n) is 15.4. The van der Waals surface area contributed by atoms with Crippen LogP contribution in [0.3, 0.4) is 0 Å². The van der Waals surface area contributed by atoms with Crippen LogP contribution in [0.4, 0.5) is 0 Å². The molecule has 0 fully saturated rings. The maximum Gasteiger partial charge on any atom is 0.220 e. The Kier molecular flexibility index (Phi) is 12.0. The van der Waals surface area contributed by atoms with Crippen molar-refractivity contribution in [1.29, 1.82) is 0 Å². The van der Waals surface area contributed by atoms with Crippen LogP contribution in [-0.4, -0.2) is 43.3 Å². The summed E-state index contributed by atoms with van der Waals surface area (Å²) in [5.74, 6) is 0.451. The number of hydrogen-bond acceptors (Lipinski definition) is 4. The fourth-order valence-electron chi connectivity index (χ4n) is 2.59. The highest BCUT2D eigenvalue weighted by atomic mass is 16.3. The highest BCUT2D eigenvalue weighted by molar-refractivity contribution is 5.75. The number of nitrogens with one attached hydrogen (secondary N) is 2. The number of unbranched alkanes of at least 4 members (excludes halogenated alkanes) is 1. The molecule has 0 bridgehead atoms. The fraction of sp³-hybridized carbons (Fsp3) is 0.833. The minimum atomic E-state index is -0.373. The average molecular weight is 328 g/mol. The third kappa shape index (κ3) is 9.08. The van der Waals surface area contributed by atoms with Gasteiger partial charge in [0.25, 0.3) is 0 Å². The van der Waals surface area contributed by atoms with E-state index in [2.05, 4.69) is 37.5 Å². The Morgan fingerprint density at radius 2 is 1.96 bits per heavy atom. The molecule has 0 aliphatic carbocycles. The van der Waals surface area contributed by atoms with E-state index in [1.807, 2.05) is 13.0 Å². The van der Waals surface area contributed by atoms with E-state index in [1.165, 1.54) is 0 Å². The van der Waals surface area contributed by atoms with E-state index in [0.717, 1.165) is 32.4 Å². The molecule has 0 rings (SSSR count). The zero-order chi connectivity index (χ0) is 17.7. The highest BCUT2D eigenvalue weighted by Gasteiger charge is 2.32. The van der Waals surface area contributed by atoms with Gasteiger partial charge in [0.1, 0.15) is 0 Å². The Bertz CT molecular complexity index is 345. The van der Waals surface area contributed by atoms with Gasteiger partial charge in [-0.1, -0.05) is 39.3 Å². The number of carbonyl (C=O) groups is 1. The second-order valence-electron chi connectivity index (χ2n) is 6.67. The summed E-state index contributed by atoms with van der Waals surface area (Å²) in [6.07, 6.45) is 6.65. The molecule has 23 heavy (non-hydrogen) atoms. The average Bonchev–Trinajstić information content (AvgIpc) is 2.51. The van der Waals surface area contributed by atoms with Gasteiger partial charge in [0.05, 0.1) is 6.10 Å². The minimum Gasteiger partial charge on any atom is -0.392 e. The molecule has 136 valence electrons. The molecule has 2 unspecified atom stereocenters. The van der Waals surface area contributed by atoms with Gasteiger partial charge in [-0.3, -0.25) is 4.79 Å². The van der Waals surface area contributed by atoms with Gasteiger partial charge < -0.3 is 21.5 Å². The predicted molar refractivity (Wildman–Crippen MR) is 97.2 cm³/mol. The number of amides is 1. The van der Waals surface area contributed by atoms with Crippen molar-refractivity contribution >= 4 is 5.91 Å². The van der Waals surface area contributed by atoms with Gasteiger partial charge in [-0.25, -0.2) is 0 Å². The number of allylic oxidation sites excluding steroid dienone is 1. The molecule has 0 radical (unpaired) electrons. The lowest BCUT2D eigenvalue weighted by Gasteiger charge is -2.35. The largest absolute Gasteiger partial charge is 0.392 e. The van der Waals surface area contributed by atoms with Gasteiger partial charge in [0.15, 0.2) is 0 Å². The van der Waals surface area contributed by atoms with Crippen LogP contribution in [-0.2, 0) is 4.79 Å². The van der Waals surface area contributed by atoms with Gasteiger partial charge in [-0.2, -0.15) is 0 Å². The van der Waals surface area contributed by atoms with Crippen LogP contribution in [0.2, 0.25) is 0 Å². The van der Waals surface area contributed by atoms with Gasteiger partial charge >= 0.3 is 0 Å². The quantitative estimate of drug-likeness (QED) is 0.307. The lowest BCUT2D eigenvalue weighted by molar-refractivity contribution is -0.121. The minimum absolute atomic E-state index is 0.0779. The molecular weight excluding hydrogens is 290 g/mol. The van der Waals surface area contributed by atoms with Crippen LogP contribution in [0.1, 0.15) is 53.4 Å². The molecule has 1 amide bonds. The molecule has 2 atom stereocenters. The lowest BCUT2D eigenvalue weighted by Crippen LogP contribution is -2.35. The van der Waals surface area contributed by atoms with E-state index in [0.29, 0.717) is 25.4 Å². The summed E-state index contributed by atoms with van der Waals surface area (Å²) < 4.78 is 0. The summed E-state index contributed by atoms with van der Waals surface area (Å²) in [6.45, 7) is 11.1. The van der Waals surface area contributed by atoms with Crippen LogP contribution < -0.4 is 16.4 Å². The Morgan fingerprint density at radius 1 is 1.26 bits per heavy atom. The number of hydrogen-bond donors (Lipinski definition) is 4. The fourth-order valence-corrected chi connectivity index (χ4v) is 2.59. The maximum atomic E-state index is 11.7. The van der Waals surface area contributed by atoms with E-state index < -0.39 is 0 Å². The molecule has 5 nitrogen and oxygen atoms in total. The van der Waals surface area contributed by atoms with E-state index >= 15 is 0 Å². The maximum absolute atomic E-state index is 11.7. The van der Waals surface area contributed by atoms with Crippen molar-refractivity contribution in [2.24, 2.45) is 17.1 Å².